The number of hydrogen-bond acceptors (Lipinski definition) is 1. The maximum Gasteiger partial charge on any atom is 0.167 e. The SMILES string of the molecule is O=C(Cc1cccc2ccccc12)c1ccc(Cl)c(Br)c1. The minimum absolute atomic E-state index is 0.0868. The van der Waals surface area contributed by atoms with Gasteiger partial charge in [-0.25, -0.2) is 0 Å². The van der Waals surface area contributed by atoms with Gasteiger partial charge in [0.05, 0.1) is 5.02 Å². The van der Waals surface area contributed by atoms with E-state index in [4.69, 9.17) is 11.6 Å². The molecule has 0 saturated carbocycles. The molecule has 3 heteroatoms. The number of benzene rings is 3. The van der Waals surface area contributed by atoms with Gasteiger partial charge in [-0.05, 0) is 50.5 Å². The van der Waals surface area contributed by atoms with Crippen molar-refractivity contribution in [1.82, 2.24) is 0 Å². The van der Waals surface area contributed by atoms with Crippen molar-refractivity contribution in [2.75, 3.05) is 0 Å². The third-order valence-corrected chi connectivity index (χ3v) is 4.69. The Bertz CT molecular complexity index is 821. The van der Waals surface area contributed by atoms with Crippen LogP contribution < -0.4 is 0 Å². The highest BCUT2D eigenvalue weighted by Gasteiger charge is 2.10. The highest BCUT2D eigenvalue weighted by molar-refractivity contribution is 9.10. The molecule has 3 aromatic carbocycles. The van der Waals surface area contributed by atoms with Crippen molar-refractivity contribution in [1.29, 1.82) is 0 Å². The Morgan fingerprint density at radius 2 is 1.76 bits per heavy atom. The first-order valence-electron chi connectivity index (χ1n) is 6.60. The van der Waals surface area contributed by atoms with Crippen LogP contribution in [0.4, 0.5) is 0 Å². The summed E-state index contributed by atoms with van der Waals surface area (Å²) in [7, 11) is 0. The minimum atomic E-state index is 0.0868. The van der Waals surface area contributed by atoms with E-state index in [1.165, 1.54) is 0 Å². The zero-order valence-corrected chi connectivity index (χ0v) is 13.5. The molecule has 0 heterocycles. The van der Waals surface area contributed by atoms with E-state index in [-0.39, 0.29) is 5.78 Å². The maximum atomic E-state index is 12.5. The molecule has 0 aromatic heterocycles. The minimum Gasteiger partial charge on any atom is -0.294 e. The first-order valence-corrected chi connectivity index (χ1v) is 7.77. The topological polar surface area (TPSA) is 17.1 Å². The lowest BCUT2D eigenvalue weighted by molar-refractivity contribution is 0.0993. The lowest BCUT2D eigenvalue weighted by atomic mass is 9.98. The van der Waals surface area contributed by atoms with Crippen molar-refractivity contribution < 1.29 is 4.79 Å². The van der Waals surface area contributed by atoms with Gasteiger partial charge >= 0.3 is 0 Å². The zero-order chi connectivity index (χ0) is 14.8. The Balaban J connectivity index is 1.94. The van der Waals surface area contributed by atoms with Crippen molar-refractivity contribution in [2.45, 2.75) is 6.42 Å². The van der Waals surface area contributed by atoms with E-state index < -0.39 is 0 Å². The molecule has 3 rings (SSSR count). The van der Waals surface area contributed by atoms with Gasteiger partial charge in [-0.15, -0.1) is 0 Å². The third kappa shape index (κ3) is 3.02. The summed E-state index contributed by atoms with van der Waals surface area (Å²) < 4.78 is 0.743. The summed E-state index contributed by atoms with van der Waals surface area (Å²) >= 11 is 9.32. The van der Waals surface area contributed by atoms with Gasteiger partial charge in [0, 0.05) is 16.5 Å². The van der Waals surface area contributed by atoms with E-state index in [1.807, 2.05) is 24.3 Å². The molecule has 0 N–H and O–H groups in total. The number of fused-ring (bicyclic) bond motifs is 1. The molecule has 1 nitrogen and oxygen atoms in total. The lowest BCUT2D eigenvalue weighted by Gasteiger charge is -2.07. The highest BCUT2D eigenvalue weighted by atomic mass is 79.9. The van der Waals surface area contributed by atoms with Crippen molar-refractivity contribution in [3.8, 4) is 0 Å². The molecule has 0 unspecified atom stereocenters. The molecule has 0 aliphatic rings. The first-order chi connectivity index (χ1) is 10.1. The Hall–Kier alpha value is -1.64. The zero-order valence-electron chi connectivity index (χ0n) is 11.1. The second-order valence-electron chi connectivity index (χ2n) is 4.87. The van der Waals surface area contributed by atoms with E-state index in [0.717, 1.165) is 20.8 Å². The Labute approximate surface area is 136 Å². The van der Waals surface area contributed by atoms with Crippen LogP contribution in [0.3, 0.4) is 0 Å². The summed E-state index contributed by atoms with van der Waals surface area (Å²) in [6, 6.07) is 19.4. The molecule has 104 valence electrons. The van der Waals surface area contributed by atoms with Gasteiger partial charge in [0.1, 0.15) is 0 Å². The monoisotopic (exact) mass is 358 g/mol. The number of rotatable bonds is 3. The molecular formula is C18H12BrClO. The fraction of sp³-hybridized carbons (Fsp3) is 0.0556. The van der Waals surface area contributed by atoms with Crippen molar-refractivity contribution >= 4 is 44.1 Å². The molecule has 0 amide bonds. The number of carbonyl (C=O) groups excluding carboxylic acids is 1. The average molecular weight is 360 g/mol. The van der Waals surface area contributed by atoms with Gasteiger partial charge in [0.2, 0.25) is 0 Å². The predicted molar refractivity (Wildman–Crippen MR) is 91.1 cm³/mol. The van der Waals surface area contributed by atoms with Crippen LogP contribution in [0.5, 0.6) is 0 Å². The van der Waals surface area contributed by atoms with Crippen LogP contribution in [0.1, 0.15) is 15.9 Å². The fourth-order valence-corrected chi connectivity index (χ4v) is 2.89. The molecule has 0 radical (unpaired) electrons. The largest absolute Gasteiger partial charge is 0.294 e. The molecule has 0 atom stereocenters. The number of ketones is 1. The molecule has 0 fully saturated rings. The van der Waals surface area contributed by atoms with Crippen LogP contribution in [0, 0.1) is 0 Å². The van der Waals surface area contributed by atoms with E-state index in [9.17, 15) is 4.79 Å². The van der Waals surface area contributed by atoms with Crippen LogP contribution >= 0.6 is 27.5 Å². The van der Waals surface area contributed by atoms with Gasteiger partial charge in [-0.2, -0.15) is 0 Å². The lowest BCUT2D eigenvalue weighted by Crippen LogP contribution is -2.04. The number of carbonyl (C=O) groups is 1. The molecular weight excluding hydrogens is 348 g/mol. The Kier molecular flexibility index (Phi) is 4.09. The number of Topliss-reactive ketones (excluding diaryl/α,β-unsaturated/α-hetero) is 1. The standard InChI is InChI=1S/C18H12BrClO/c19-16-10-14(8-9-17(16)20)18(21)11-13-6-3-5-12-4-1-2-7-15(12)13/h1-10H,11H2. The quantitative estimate of drug-likeness (QED) is 0.550. The van der Waals surface area contributed by atoms with Gasteiger partial charge < -0.3 is 0 Å². The summed E-state index contributed by atoms with van der Waals surface area (Å²) in [6.45, 7) is 0. The van der Waals surface area contributed by atoms with Crippen molar-refractivity contribution in [3.05, 3.63) is 81.3 Å². The number of hydrogen-bond donors (Lipinski definition) is 0. The Morgan fingerprint density at radius 3 is 2.57 bits per heavy atom. The van der Waals surface area contributed by atoms with Gasteiger partial charge in [0.25, 0.3) is 0 Å². The van der Waals surface area contributed by atoms with Crippen molar-refractivity contribution in [2.24, 2.45) is 0 Å². The molecule has 0 aliphatic heterocycles. The van der Waals surface area contributed by atoms with Crippen LogP contribution in [0.2, 0.25) is 5.02 Å². The fourth-order valence-electron chi connectivity index (χ4n) is 2.39. The summed E-state index contributed by atoms with van der Waals surface area (Å²) in [4.78, 5) is 12.5. The van der Waals surface area contributed by atoms with Gasteiger partial charge in [0.15, 0.2) is 5.78 Å². The smallest absolute Gasteiger partial charge is 0.167 e. The molecule has 0 aliphatic carbocycles. The van der Waals surface area contributed by atoms with Gasteiger partial charge in [-0.3, -0.25) is 4.79 Å². The first kappa shape index (κ1) is 14.3. The average Bonchev–Trinajstić information content (AvgIpc) is 2.50. The van der Waals surface area contributed by atoms with Crippen LogP contribution in [-0.2, 0) is 6.42 Å². The van der Waals surface area contributed by atoms with E-state index >= 15 is 0 Å². The van der Waals surface area contributed by atoms with E-state index in [0.29, 0.717) is 17.0 Å². The third-order valence-electron chi connectivity index (χ3n) is 3.47. The van der Waals surface area contributed by atoms with E-state index in [2.05, 4.69) is 34.1 Å². The van der Waals surface area contributed by atoms with Gasteiger partial charge in [-0.1, -0.05) is 54.1 Å². The maximum absolute atomic E-state index is 12.5. The van der Waals surface area contributed by atoms with Crippen LogP contribution in [0.15, 0.2) is 65.1 Å². The Morgan fingerprint density at radius 1 is 1.00 bits per heavy atom. The summed E-state index contributed by atoms with van der Waals surface area (Å²) in [6.07, 6.45) is 0.384. The molecule has 0 spiro atoms. The van der Waals surface area contributed by atoms with Crippen LogP contribution in [-0.4, -0.2) is 5.78 Å². The molecule has 3 aromatic rings. The van der Waals surface area contributed by atoms with Crippen molar-refractivity contribution in [3.63, 3.8) is 0 Å². The normalized spacial score (nSPS) is 10.8. The number of halogens is 2. The molecule has 0 saturated heterocycles. The summed E-state index contributed by atoms with van der Waals surface area (Å²) in [5.74, 6) is 0.0868. The molecule has 21 heavy (non-hydrogen) atoms. The van der Waals surface area contributed by atoms with Crippen LogP contribution in [0.25, 0.3) is 10.8 Å². The summed E-state index contributed by atoms with van der Waals surface area (Å²) in [5.41, 5.74) is 1.71. The summed E-state index contributed by atoms with van der Waals surface area (Å²) in [5, 5.41) is 2.89. The predicted octanol–water partition coefficient (Wildman–Crippen LogP) is 5.68. The van der Waals surface area contributed by atoms with E-state index in [1.54, 1.807) is 18.2 Å². The second-order valence-corrected chi connectivity index (χ2v) is 6.13. The highest BCUT2D eigenvalue weighted by Crippen LogP contribution is 2.25. The second kappa shape index (κ2) is 6.00. The molecule has 0 bridgehead atoms.